The zero-order chi connectivity index (χ0) is 19.4. The molecule has 144 valence electrons. The Morgan fingerprint density at radius 3 is 2.63 bits per heavy atom. The normalized spacial score (nSPS) is 14.0. The molecular formula is C19H22N2O5S. The van der Waals surface area contributed by atoms with Crippen LogP contribution in [0.2, 0.25) is 0 Å². The standard InChI is InChI=1S/C19H22N2O5S/c1-13(19(23)24)20(2)12-18(22)21(11-15-4-3-9-27-15)14-5-6-16-17(10-14)26-8-7-25-16/h3-6,9-10,13H,7-8,11-12H2,1-2H3,(H,23,24). The maximum absolute atomic E-state index is 13.0. The van der Waals surface area contributed by atoms with Gasteiger partial charge >= 0.3 is 5.97 Å². The largest absolute Gasteiger partial charge is 0.486 e. The fourth-order valence-corrected chi connectivity index (χ4v) is 3.40. The fourth-order valence-electron chi connectivity index (χ4n) is 2.71. The second kappa shape index (κ2) is 8.41. The third-order valence-corrected chi connectivity index (χ3v) is 5.30. The molecule has 1 unspecified atom stereocenters. The van der Waals surface area contributed by atoms with Crippen molar-refractivity contribution in [3.8, 4) is 11.5 Å². The van der Waals surface area contributed by atoms with Crippen LogP contribution in [0.1, 0.15) is 11.8 Å². The monoisotopic (exact) mass is 390 g/mol. The second-order valence-corrected chi connectivity index (χ2v) is 7.35. The Labute approximate surface area is 161 Å². The van der Waals surface area contributed by atoms with Crippen molar-refractivity contribution in [2.24, 2.45) is 0 Å². The van der Waals surface area contributed by atoms with Gasteiger partial charge in [-0.3, -0.25) is 14.5 Å². The molecule has 7 nitrogen and oxygen atoms in total. The molecule has 1 aromatic heterocycles. The van der Waals surface area contributed by atoms with Crippen molar-refractivity contribution < 1.29 is 24.2 Å². The van der Waals surface area contributed by atoms with Crippen molar-refractivity contribution in [3.05, 3.63) is 40.6 Å². The van der Waals surface area contributed by atoms with Crippen LogP contribution in [0.5, 0.6) is 11.5 Å². The van der Waals surface area contributed by atoms with E-state index in [1.54, 1.807) is 42.3 Å². The zero-order valence-electron chi connectivity index (χ0n) is 15.3. The van der Waals surface area contributed by atoms with Crippen molar-refractivity contribution in [2.75, 3.05) is 31.7 Å². The van der Waals surface area contributed by atoms with Gasteiger partial charge < -0.3 is 19.5 Å². The van der Waals surface area contributed by atoms with E-state index in [9.17, 15) is 9.59 Å². The van der Waals surface area contributed by atoms with Crippen molar-refractivity contribution in [2.45, 2.75) is 19.5 Å². The number of ether oxygens (including phenoxy) is 2. The van der Waals surface area contributed by atoms with Crippen LogP contribution < -0.4 is 14.4 Å². The highest BCUT2D eigenvalue weighted by Crippen LogP contribution is 2.34. The molecule has 8 heteroatoms. The van der Waals surface area contributed by atoms with E-state index in [-0.39, 0.29) is 12.5 Å². The number of hydrogen-bond donors (Lipinski definition) is 1. The topological polar surface area (TPSA) is 79.3 Å². The van der Waals surface area contributed by atoms with Gasteiger partial charge in [0.25, 0.3) is 0 Å². The number of amides is 1. The minimum atomic E-state index is -0.963. The molecule has 0 spiro atoms. The number of carboxylic acid groups (broad SMARTS) is 1. The van der Waals surface area contributed by atoms with Gasteiger partial charge in [-0.2, -0.15) is 0 Å². The van der Waals surface area contributed by atoms with Crippen molar-refractivity contribution >= 4 is 28.9 Å². The van der Waals surface area contributed by atoms with Crippen LogP contribution >= 0.6 is 11.3 Å². The Morgan fingerprint density at radius 1 is 1.22 bits per heavy atom. The van der Waals surface area contributed by atoms with Gasteiger partial charge in [0.1, 0.15) is 19.3 Å². The Kier molecular flexibility index (Phi) is 5.98. The van der Waals surface area contributed by atoms with E-state index in [1.165, 1.54) is 4.90 Å². The molecule has 1 amide bonds. The molecule has 1 atom stereocenters. The molecule has 2 heterocycles. The van der Waals surface area contributed by atoms with Crippen molar-refractivity contribution in [1.29, 1.82) is 0 Å². The summed E-state index contributed by atoms with van der Waals surface area (Å²) in [4.78, 5) is 28.4. The number of thiophene rings is 1. The summed E-state index contributed by atoms with van der Waals surface area (Å²) in [6.45, 7) is 2.93. The van der Waals surface area contributed by atoms with Gasteiger partial charge in [0.05, 0.1) is 13.1 Å². The lowest BCUT2D eigenvalue weighted by Crippen LogP contribution is -2.44. The number of rotatable bonds is 7. The third kappa shape index (κ3) is 4.58. The summed E-state index contributed by atoms with van der Waals surface area (Å²) < 4.78 is 11.2. The van der Waals surface area contributed by atoms with Crippen molar-refractivity contribution in [1.82, 2.24) is 4.90 Å². The van der Waals surface area contributed by atoms with E-state index in [2.05, 4.69) is 0 Å². The number of anilines is 1. The molecule has 0 radical (unpaired) electrons. The number of likely N-dealkylation sites (N-methyl/N-ethyl adjacent to an activating group) is 1. The van der Waals surface area contributed by atoms with E-state index in [0.29, 0.717) is 36.9 Å². The number of carbonyl (C=O) groups is 2. The number of fused-ring (bicyclic) bond motifs is 1. The maximum Gasteiger partial charge on any atom is 0.320 e. The summed E-state index contributed by atoms with van der Waals surface area (Å²) >= 11 is 1.56. The second-order valence-electron chi connectivity index (χ2n) is 6.32. The Bertz CT molecular complexity index is 808. The van der Waals surface area contributed by atoms with Gasteiger partial charge in [-0.25, -0.2) is 0 Å². The smallest absolute Gasteiger partial charge is 0.320 e. The first-order chi connectivity index (χ1) is 13.0. The first kappa shape index (κ1) is 19.2. The first-order valence-corrected chi connectivity index (χ1v) is 9.49. The lowest BCUT2D eigenvalue weighted by Gasteiger charge is -2.28. The number of benzene rings is 1. The fraction of sp³-hybridized carbons (Fsp3) is 0.368. The zero-order valence-corrected chi connectivity index (χ0v) is 16.1. The number of hydrogen-bond acceptors (Lipinski definition) is 6. The van der Waals surface area contributed by atoms with E-state index >= 15 is 0 Å². The minimum absolute atomic E-state index is 0.00666. The molecular weight excluding hydrogens is 368 g/mol. The molecule has 1 aromatic carbocycles. The average Bonchev–Trinajstić information content (AvgIpc) is 3.18. The summed E-state index contributed by atoms with van der Waals surface area (Å²) in [6.07, 6.45) is 0. The van der Waals surface area contributed by atoms with Crippen LogP contribution in [-0.2, 0) is 16.1 Å². The number of aliphatic carboxylic acids is 1. The van der Waals surface area contributed by atoms with Gasteiger partial charge in [-0.05, 0) is 37.6 Å². The minimum Gasteiger partial charge on any atom is -0.486 e. The summed E-state index contributed by atoms with van der Waals surface area (Å²) in [5.74, 6) is 0.116. The maximum atomic E-state index is 13.0. The summed E-state index contributed by atoms with van der Waals surface area (Å²) in [5, 5.41) is 11.1. The highest BCUT2D eigenvalue weighted by molar-refractivity contribution is 7.09. The Morgan fingerprint density at radius 2 is 1.96 bits per heavy atom. The van der Waals surface area contributed by atoms with E-state index < -0.39 is 12.0 Å². The molecule has 1 aliphatic heterocycles. The Hall–Kier alpha value is -2.58. The molecule has 27 heavy (non-hydrogen) atoms. The van der Waals surface area contributed by atoms with Gasteiger partial charge in [0, 0.05) is 16.6 Å². The van der Waals surface area contributed by atoms with Crippen molar-refractivity contribution in [3.63, 3.8) is 0 Å². The summed E-state index contributed by atoms with van der Waals surface area (Å²) in [6, 6.07) is 8.55. The Balaban J connectivity index is 1.84. The van der Waals surface area contributed by atoms with Gasteiger partial charge in [-0.15, -0.1) is 11.3 Å². The van der Waals surface area contributed by atoms with Crippen LogP contribution in [0.15, 0.2) is 35.7 Å². The first-order valence-electron chi connectivity index (χ1n) is 8.61. The lowest BCUT2D eigenvalue weighted by atomic mass is 10.2. The highest BCUT2D eigenvalue weighted by atomic mass is 32.1. The molecule has 0 fully saturated rings. The molecule has 0 bridgehead atoms. The van der Waals surface area contributed by atoms with Gasteiger partial charge in [0.15, 0.2) is 11.5 Å². The van der Waals surface area contributed by atoms with Gasteiger partial charge in [-0.1, -0.05) is 6.07 Å². The van der Waals surface area contributed by atoms with Gasteiger partial charge in [0.2, 0.25) is 5.91 Å². The van der Waals surface area contributed by atoms with Crippen LogP contribution in [0.25, 0.3) is 0 Å². The molecule has 2 aromatic rings. The van der Waals surface area contributed by atoms with E-state index in [4.69, 9.17) is 14.6 Å². The highest BCUT2D eigenvalue weighted by Gasteiger charge is 2.24. The summed E-state index contributed by atoms with van der Waals surface area (Å²) in [5.41, 5.74) is 0.689. The molecule has 1 N–H and O–H groups in total. The quantitative estimate of drug-likeness (QED) is 0.782. The third-order valence-electron chi connectivity index (χ3n) is 4.44. The predicted octanol–water partition coefficient (Wildman–Crippen LogP) is 2.46. The van der Waals surface area contributed by atoms with Crippen LogP contribution in [0.3, 0.4) is 0 Å². The number of carboxylic acids is 1. The lowest BCUT2D eigenvalue weighted by molar-refractivity contribution is -0.142. The molecule has 3 rings (SSSR count). The SMILES string of the molecule is CC(C(=O)O)N(C)CC(=O)N(Cc1cccs1)c1ccc2c(c1)OCCO2. The molecule has 0 saturated heterocycles. The van der Waals surface area contributed by atoms with E-state index in [0.717, 1.165) is 4.88 Å². The van der Waals surface area contributed by atoms with Crippen LogP contribution in [0, 0.1) is 0 Å². The number of nitrogens with zero attached hydrogens (tertiary/aromatic N) is 2. The van der Waals surface area contributed by atoms with Crippen LogP contribution in [0.4, 0.5) is 5.69 Å². The molecule has 1 aliphatic rings. The average molecular weight is 390 g/mol. The predicted molar refractivity (Wildman–Crippen MR) is 103 cm³/mol. The van der Waals surface area contributed by atoms with E-state index in [1.807, 2.05) is 23.6 Å². The summed E-state index contributed by atoms with van der Waals surface area (Å²) in [7, 11) is 1.63. The van der Waals surface area contributed by atoms with Crippen LogP contribution in [-0.4, -0.2) is 54.7 Å². The molecule has 0 saturated carbocycles. The number of carbonyl (C=O) groups excluding carboxylic acids is 1. The molecule has 0 aliphatic carbocycles.